The summed E-state index contributed by atoms with van der Waals surface area (Å²) in [6.45, 7) is 8.24. The molecule has 31 heavy (non-hydrogen) atoms. The Bertz CT molecular complexity index is 1000. The average Bonchev–Trinajstić information content (AvgIpc) is 3.19. The summed E-state index contributed by atoms with van der Waals surface area (Å²) < 4.78 is 6.95. The molecule has 3 aromatic rings. The van der Waals surface area contributed by atoms with Gasteiger partial charge in [0.2, 0.25) is 0 Å². The number of methoxy groups -OCH3 is 1. The zero-order valence-corrected chi connectivity index (χ0v) is 19.3. The summed E-state index contributed by atoms with van der Waals surface area (Å²) in [5.41, 5.74) is 1.37. The lowest BCUT2D eigenvalue weighted by Gasteiger charge is -2.11. The Hall–Kier alpha value is -2.81. The molecule has 0 radical (unpaired) electrons. The van der Waals surface area contributed by atoms with Crippen molar-refractivity contribution in [1.82, 2.24) is 25.1 Å². The molecular weight excluding hydrogens is 412 g/mol. The van der Waals surface area contributed by atoms with Gasteiger partial charge in [0.15, 0.2) is 10.8 Å². The van der Waals surface area contributed by atoms with Crippen molar-refractivity contribution in [2.75, 3.05) is 31.3 Å². The van der Waals surface area contributed by atoms with Gasteiger partial charge in [-0.15, -0.1) is 0 Å². The van der Waals surface area contributed by atoms with Crippen molar-refractivity contribution < 1.29 is 9.53 Å². The van der Waals surface area contributed by atoms with E-state index in [-0.39, 0.29) is 5.91 Å². The lowest BCUT2D eigenvalue weighted by molar-refractivity contribution is 0.0952. The number of benzene rings is 1. The van der Waals surface area contributed by atoms with Crippen LogP contribution >= 0.6 is 11.8 Å². The first-order chi connectivity index (χ1) is 15.0. The predicted octanol–water partition coefficient (Wildman–Crippen LogP) is 3.83. The first-order valence-electron chi connectivity index (χ1n) is 10.5. The van der Waals surface area contributed by atoms with Crippen LogP contribution < -0.4 is 15.4 Å². The highest BCUT2D eigenvalue weighted by Gasteiger charge is 2.14. The average molecular weight is 443 g/mol. The number of hydrogen-bond donors (Lipinski definition) is 2. The minimum atomic E-state index is -0.132. The number of thioether (sulfide) groups is 1. The third-order valence-electron chi connectivity index (χ3n) is 4.55. The summed E-state index contributed by atoms with van der Waals surface area (Å²) in [6, 6.07) is 7.03. The van der Waals surface area contributed by atoms with Crippen LogP contribution in [-0.4, -0.2) is 51.6 Å². The van der Waals surface area contributed by atoms with E-state index in [1.807, 2.05) is 4.68 Å². The molecule has 0 spiro atoms. The van der Waals surface area contributed by atoms with Crippen molar-refractivity contribution in [1.29, 1.82) is 0 Å². The number of ether oxygens (including phenoxy) is 1. The molecule has 3 rings (SSSR count). The van der Waals surface area contributed by atoms with Crippen molar-refractivity contribution in [3.05, 3.63) is 36.0 Å². The van der Waals surface area contributed by atoms with Gasteiger partial charge in [0.1, 0.15) is 11.6 Å². The Morgan fingerprint density at radius 2 is 2.00 bits per heavy atom. The van der Waals surface area contributed by atoms with E-state index in [4.69, 9.17) is 14.7 Å². The topological polar surface area (TPSA) is 94.0 Å². The SMILES string of the molecule is CCCSc1nc(NCC(C)C)c2cnn(CCNC(=O)c3ccc(OC)cc3)c2n1. The second kappa shape index (κ2) is 11.0. The molecule has 0 atom stereocenters. The molecule has 1 amide bonds. The zero-order chi connectivity index (χ0) is 22.2. The number of fused-ring (bicyclic) bond motifs is 1. The molecule has 0 aliphatic carbocycles. The van der Waals surface area contributed by atoms with Crippen molar-refractivity contribution >= 4 is 34.5 Å². The van der Waals surface area contributed by atoms with E-state index in [0.717, 1.165) is 46.5 Å². The number of nitrogens with one attached hydrogen (secondary N) is 2. The lowest BCUT2D eigenvalue weighted by Crippen LogP contribution is -2.27. The molecule has 0 aliphatic heterocycles. The van der Waals surface area contributed by atoms with Gasteiger partial charge in [0, 0.05) is 24.4 Å². The third kappa shape index (κ3) is 6.10. The number of carbonyl (C=O) groups is 1. The Kier molecular flexibility index (Phi) is 8.11. The maximum absolute atomic E-state index is 12.4. The van der Waals surface area contributed by atoms with E-state index in [0.29, 0.717) is 24.6 Å². The quantitative estimate of drug-likeness (QED) is 0.344. The number of rotatable bonds is 11. The van der Waals surface area contributed by atoms with Gasteiger partial charge in [-0.05, 0) is 36.6 Å². The van der Waals surface area contributed by atoms with Gasteiger partial charge in [-0.1, -0.05) is 32.5 Å². The van der Waals surface area contributed by atoms with Crippen LogP contribution in [0.1, 0.15) is 37.6 Å². The molecule has 2 aromatic heterocycles. The Balaban J connectivity index is 1.71. The molecule has 0 fully saturated rings. The van der Waals surface area contributed by atoms with E-state index < -0.39 is 0 Å². The summed E-state index contributed by atoms with van der Waals surface area (Å²) in [6.07, 6.45) is 2.84. The molecule has 166 valence electrons. The van der Waals surface area contributed by atoms with Gasteiger partial charge in [-0.3, -0.25) is 4.79 Å². The molecular formula is C22H30N6O2S. The molecule has 0 saturated heterocycles. The Labute approximate surface area is 187 Å². The highest BCUT2D eigenvalue weighted by molar-refractivity contribution is 7.99. The number of aromatic nitrogens is 4. The fourth-order valence-corrected chi connectivity index (χ4v) is 3.61. The molecule has 2 N–H and O–H groups in total. The zero-order valence-electron chi connectivity index (χ0n) is 18.5. The highest BCUT2D eigenvalue weighted by Crippen LogP contribution is 2.25. The second-order valence-corrected chi connectivity index (χ2v) is 8.63. The smallest absolute Gasteiger partial charge is 0.251 e. The van der Waals surface area contributed by atoms with Gasteiger partial charge in [0.05, 0.1) is 25.2 Å². The summed E-state index contributed by atoms with van der Waals surface area (Å²) in [7, 11) is 1.60. The first kappa shape index (κ1) is 22.9. The lowest BCUT2D eigenvalue weighted by atomic mass is 10.2. The summed E-state index contributed by atoms with van der Waals surface area (Å²) in [5, 5.41) is 12.5. The fraction of sp³-hybridized carbons (Fsp3) is 0.455. The molecule has 0 saturated carbocycles. The van der Waals surface area contributed by atoms with Crippen molar-refractivity contribution in [2.45, 2.75) is 38.9 Å². The standard InChI is InChI=1S/C22H30N6O2S/c1-5-12-31-22-26-19(24-13-15(2)3)18-14-25-28(20(18)27-22)11-10-23-21(29)16-6-8-17(30-4)9-7-16/h6-9,14-15H,5,10-13H2,1-4H3,(H,23,29)(H,24,26,27). The molecule has 1 aromatic carbocycles. The van der Waals surface area contributed by atoms with Crippen LogP contribution in [-0.2, 0) is 6.54 Å². The summed E-state index contributed by atoms with van der Waals surface area (Å²) in [5.74, 6) is 2.86. The number of amides is 1. The molecule has 8 nitrogen and oxygen atoms in total. The fourth-order valence-electron chi connectivity index (χ4n) is 2.91. The normalized spacial score (nSPS) is 11.1. The number of anilines is 1. The molecule has 9 heteroatoms. The molecule has 2 heterocycles. The maximum Gasteiger partial charge on any atom is 0.251 e. The van der Waals surface area contributed by atoms with Crippen LogP contribution in [0, 0.1) is 5.92 Å². The van der Waals surface area contributed by atoms with E-state index in [9.17, 15) is 4.79 Å². The first-order valence-corrected chi connectivity index (χ1v) is 11.5. The van der Waals surface area contributed by atoms with Crippen LogP contribution in [0.25, 0.3) is 11.0 Å². The van der Waals surface area contributed by atoms with E-state index >= 15 is 0 Å². The van der Waals surface area contributed by atoms with Gasteiger partial charge < -0.3 is 15.4 Å². The van der Waals surface area contributed by atoms with Crippen LogP contribution in [0.5, 0.6) is 5.75 Å². The van der Waals surface area contributed by atoms with E-state index in [1.165, 1.54) is 0 Å². The third-order valence-corrected chi connectivity index (χ3v) is 5.60. The molecule has 0 aliphatic rings. The van der Waals surface area contributed by atoms with Crippen molar-refractivity contribution in [2.24, 2.45) is 5.92 Å². The minimum Gasteiger partial charge on any atom is -0.497 e. The van der Waals surface area contributed by atoms with Gasteiger partial charge in [-0.25, -0.2) is 14.6 Å². The van der Waals surface area contributed by atoms with Gasteiger partial charge in [0.25, 0.3) is 5.91 Å². The second-order valence-electron chi connectivity index (χ2n) is 7.57. The highest BCUT2D eigenvalue weighted by atomic mass is 32.2. The van der Waals surface area contributed by atoms with Crippen LogP contribution in [0.2, 0.25) is 0 Å². The van der Waals surface area contributed by atoms with Crippen LogP contribution in [0.4, 0.5) is 5.82 Å². The number of hydrogen-bond acceptors (Lipinski definition) is 7. The van der Waals surface area contributed by atoms with E-state index in [1.54, 1.807) is 49.3 Å². The number of carbonyl (C=O) groups excluding carboxylic acids is 1. The van der Waals surface area contributed by atoms with E-state index in [2.05, 4.69) is 36.5 Å². The summed E-state index contributed by atoms with van der Waals surface area (Å²) in [4.78, 5) is 21.8. The molecule has 0 bridgehead atoms. The largest absolute Gasteiger partial charge is 0.497 e. The predicted molar refractivity (Wildman–Crippen MR) is 125 cm³/mol. The van der Waals surface area contributed by atoms with Crippen molar-refractivity contribution in [3.63, 3.8) is 0 Å². The van der Waals surface area contributed by atoms with Gasteiger partial charge >= 0.3 is 0 Å². The van der Waals surface area contributed by atoms with Gasteiger partial charge in [-0.2, -0.15) is 5.10 Å². The Morgan fingerprint density at radius 3 is 2.68 bits per heavy atom. The minimum absolute atomic E-state index is 0.132. The van der Waals surface area contributed by atoms with Crippen LogP contribution in [0.3, 0.4) is 0 Å². The maximum atomic E-state index is 12.4. The van der Waals surface area contributed by atoms with Crippen molar-refractivity contribution in [3.8, 4) is 5.75 Å². The monoisotopic (exact) mass is 442 g/mol. The summed E-state index contributed by atoms with van der Waals surface area (Å²) >= 11 is 1.64. The Morgan fingerprint density at radius 1 is 1.23 bits per heavy atom. The molecule has 0 unspecified atom stereocenters. The number of nitrogens with zero attached hydrogens (tertiary/aromatic N) is 4. The van der Waals surface area contributed by atoms with Crippen LogP contribution in [0.15, 0.2) is 35.6 Å².